The van der Waals surface area contributed by atoms with Crippen molar-refractivity contribution in [1.29, 1.82) is 0 Å². The molecule has 0 amide bonds. The SMILES string of the molecule is C[C@@H](c1ccc(-c2ccnc(N)c2)cc1)N1CCCCC1. The average molecular weight is 281 g/mol. The van der Waals surface area contributed by atoms with E-state index in [1.807, 2.05) is 12.1 Å². The molecular formula is C18H23N3. The van der Waals surface area contributed by atoms with Gasteiger partial charge in [-0.05, 0) is 61.7 Å². The Kier molecular flexibility index (Phi) is 4.20. The molecule has 3 heteroatoms. The van der Waals surface area contributed by atoms with E-state index in [4.69, 9.17) is 5.73 Å². The van der Waals surface area contributed by atoms with E-state index in [-0.39, 0.29) is 0 Å². The first-order valence-corrected chi connectivity index (χ1v) is 7.80. The summed E-state index contributed by atoms with van der Waals surface area (Å²) in [5.41, 5.74) is 9.46. The number of rotatable bonds is 3. The van der Waals surface area contributed by atoms with Gasteiger partial charge in [0.1, 0.15) is 5.82 Å². The predicted molar refractivity (Wildman–Crippen MR) is 87.9 cm³/mol. The van der Waals surface area contributed by atoms with E-state index in [0.717, 1.165) is 5.56 Å². The summed E-state index contributed by atoms with van der Waals surface area (Å²) >= 11 is 0. The van der Waals surface area contributed by atoms with Gasteiger partial charge in [-0.25, -0.2) is 4.98 Å². The molecule has 21 heavy (non-hydrogen) atoms. The van der Waals surface area contributed by atoms with Crippen LogP contribution in [0.15, 0.2) is 42.6 Å². The summed E-state index contributed by atoms with van der Waals surface area (Å²) in [5, 5.41) is 0. The molecule has 0 aliphatic carbocycles. The largest absolute Gasteiger partial charge is 0.384 e. The number of likely N-dealkylation sites (tertiary alicyclic amines) is 1. The van der Waals surface area contributed by atoms with Gasteiger partial charge in [-0.15, -0.1) is 0 Å². The summed E-state index contributed by atoms with van der Waals surface area (Å²) in [6.07, 6.45) is 5.80. The summed E-state index contributed by atoms with van der Waals surface area (Å²) in [6.45, 7) is 4.76. The van der Waals surface area contributed by atoms with Crippen molar-refractivity contribution >= 4 is 5.82 Å². The van der Waals surface area contributed by atoms with Crippen LogP contribution in [0.2, 0.25) is 0 Å². The maximum atomic E-state index is 5.75. The number of anilines is 1. The van der Waals surface area contributed by atoms with Crippen molar-refractivity contribution in [2.75, 3.05) is 18.8 Å². The van der Waals surface area contributed by atoms with Crippen LogP contribution in [-0.4, -0.2) is 23.0 Å². The van der Waals surface area contributed by atoms with E-state index in [0.29, 0.717) is 11.9 Å². The Labute approximate surface area is 126 Å². The zero-order chi connectivity index (χ0) is 14.7. The monoisotopic (exact) mass is 281 g/mol. The van der Waals surface area contributed by atoms with Gasteiger partial charge in [-0.3, -0.25) is 4.90 Å². The van der Waals surface area contributed by atoms with Crippen LogP contribution in [0.4, 0.5) is 5.82 Å². The summed E-state index contributed by atoms with van der Waals surface area (Å²) in [6, 6.07) is 13.3. The fourth-order valence-electron chi connectivity index (χ4n) is 3.10. The Morgan fingerprint density at radius 1 is 1.00 bits per heavy atom. The van der Waals surface area contributed by atoms with E-state index in [2.05, 4.69) is 41.1 Å². The third-order valence-electron chi connectivity index (χ3n) is 4.45. The molecule has 1 aromatic carbocycles. The van der Waals surface area contributed by atoms with Gasteiger partial charge in [0.25, 0.3) is 0 Å². The number of hydrogen-bond donors (Lipinski definition) is 1. The molecule has 1 aromatic heterocycles. The summed E-state index contributed by atoms with van der Waals surface area (Å²) in [7, 11) is 0. The fraction of sp³-hybridized carbons (Fsp3) is 0.389. The van der Waals surface area contributed by atoms with Crippen LogP contribution in [0.3, 0.4) is 0 Å². The third kappa shape index (κ3) is 3.24. The Morgan fingerprint density at radius 2 is 1.71 bits per heavy atom. The molecule has 0 spiro atoms. The molecule has 2 N–H and O–H groups in total. The second-order valence-electron chi connectivity index (χ2n) is 5.86. The smallest absolute Gasteiger partial charge is 0.123 e. The number of aromatic nitrogens is 1. The molecule has 0 unspecified atom stereocenters. The van der Waals surface area contributed by atoms with Crippen LogP contribution >= 0.6 is 0 Å². The standard InChI is InChI=1S/C18H23N3/c1-14(21-11-3-2-4-12-21)15-5-7-16(8-6-15)17-9-10-20-18(19)13-17/h5-10,13-14H,2-4,11-12H2,1H3,(H2,19,20)/t14-/m0/s1. The topological polar surface area (TPSA) is 42.1 Å². The van der Waals surface area contributed by atoms with E-state index in [1.54, 1.807) is 6.20 Å². The maximum absolute atomic E-state index is 5.75. The number of nitrogen functional groups attached to an aromatic ring is 1. The number of piperidine rings is 1. The van der Waals surface area contributed by atoms with E-state index in [1.165, 1.54) is 43.5 Å². The van der Waals surface area contributed by atoms with Crippen LogP contribution < -0.4 is 5.73 Å². The van der Waals surface area contributed by atoms with Gasteiger partial charge in [0, 0.05) is 12.2 Å². The van der Waals surface area contributed by atoms with Crippen molar-refractivity contribution in [3.8, 4) is 11.1 Å². The number of hydrogen-bond acceptors (Lipinski definition) is 3. The van der Waals surface area contributed by atoms with Gasteiger partial charge in [-0.2, -0.15) is 0 Å². The lowest BCUT2D eigenvalue weighted by atomic mass is 9.99. The number of benzene rings is 1. The number of nitrogens with zero attached hydrogens (tertiary/aromatic N) is 2. The van der Waals surface area contributed by atoms with Crippen LogP contribution in [0.1, 0.15) is 37.8 Å². The second kappa shape index (κ2) is 6.27. The van der Waals surface area contributed by atoms with Gasteiger partial charge >= 0.3 is 0 Å². The lowest BCUT2D eigenvalue weighted by Gasteiger charge is -2.32. The fourth-order valence-corrected chi connectivity index (χ4v) is 3.10. The minimum atomic E-state index is 0.502. The van der Waals surface area contributed by atoms with Gasteiger partial charge < -0.3 is 5.73 Å². The average Bonchev–Trinajstić information content (AvgIpc) is 2.55. The molecule has 1 aliphatic rings. The first kappa shape index (κ1) is 14.1. The molecule has 2 aromatic rings. The Morgan fingerprint density at radius 3 is 2.38 bits per heavy atom. The zero-order valence-electron chi connectivity index (χ0n) is 12.6. The highest BCUT2D eigenvalue weighted by atomic mass is 15.2. The van der Waals surface area contributed by atoms with Gasteiger partial charge in [0.2, 0.25) is 0 Å². The van der Waals surface area contributed by atoms with Crippen LogP contribution in [0.5, 0.6) is 0 Å². The molecule has 3 rings (SSSR count). The molecular weight excluding hydrogens is 258 g/mol. The lowest BCUT2D eigenvalue weighted by molar-refractivity contribution is 0.175. The molecule has 2 heterocycles. The summed E-state index contributed by atoms with van der Waals surface area (Å²) < 4.78 is 0. The van der Waals surface area contributed by atoms with Crippen LogP contribution in [0, 0.1) is 0 Å². The van der Waals surface area contributed by atoms with E-state index < -0.39 is 0 Å². The third-order valence-corrected chi connectivity index (χ3v) is 4.45. The molecule has 0 bridgehead atoms. The Balaban J connectivity index is 1.77. The second-order valence-corrected chi connectivity index (χ2v) is 5.86. The molecule has 1 fully saturated rings. The van der Waals surface area contributed by atoms with Gasteiger partial charge in [-0.1, -0.05) is 30.7 Å². The van der Waals surface area contributed by atoms with Gasteiger partial charge in [0.15, 0.2) is 0 Å². The molecule has 0 radical (unpaired) electrons. The summed E-state index contributed by atoms with van der Waals surface area (Å²) in [5.74, 6) is 0.568. The minimum absolute atomic E-state index is 0.502. The molecule has 0 saturated carbocycles. The highest BCUT2D eigenvalue weighted by Gasteiger charge is 2.17. The number of pyridine rings is 1. The molecule has 110 valence electrons. The molecule has 3 nitrogen and oxygen atoms in total. The number of nitrogens with two attached hydrogens (primary N) is 1. The van der Waals surface area contributed by atoms with Crippen molar-refractivity contribution in [3.05, 3.63) is 48.2 Å². The van der Waals surface area contributed by atoms with Crippen molar-refractivity contribution in [2.24, 2.45) is 0 Å². The van der Waals surface area contributed by atoms with Crippen molar-refractivity contribution in [2.45, 2.75) is 32.2 Å². The summed E-state index contributed by atoms with van der Waals surface area (Å²) in [4.78, 5) is 6.63. The molecule has 1 atom stereocenters. The Hall–Kier alpha value is -1.87. The van der Waals surface area contributed by atoms with Crippen molar-refractivity contribution in [3.63, 3.8) is 0 Å². The molecule has 1 aliphatic heterocycles. The first-order chi connectivity index (χ1) is 10.2. The predicted octanol–water partition coefficient (Wildman–Crippen LogP) is 3.88. The van der Waals surface area contributed by atoms with E-state index >= 15 is 0 Å². The minimum Gasteiger partial charge on any atom is -0.384 e. The van der Waals surface area contributed by atoms with Crippen molar-refractivity contribution in [1.82, 2.24) is 9.88 Å². The normalized spacial score (nSPS) is 17.6. The van der Waals surface area contributed by atoms with Crippen molar-refractivity contribution < 1.29 is 0 Å². The lowest BCUT2D eigenvalue weighted by Crippen LogP contribution is -2.32. The highest BCUT2D eigenvalue weighted by Crippen LogP contribution is 2.27. The zero-order valence-corrected chi connectivity index (χ0v) is 12.6. The molecule has 1 saturated heterocycles. The first-order valence-electron chi connectivity index (χ1n) is 7.80. The van der Waals surface area contributed by atoms with Crippen LogP contribution in [-0.2, 0) is 0 Å². The quantitative estimate of drug-likeness (QED) is 0.928. The Bertz CT molecular complexity index is 586. The maximum Gasteiger partial charge on any atom is 0.123 e. The van der Waals surface area contributed by atoms with Gasteiger partial charge in [0.05, 0.1) is 0 Å². The van der Waals surface area contributed by atoms with E-state index in [9.17, 15) is 0 Å². The van der Waals surface area contributed by atoms with Crippen LogP contribution in [0.25, 0.3) is 11.1 Å². The highest BCUT2D eigenvalue weighted by molar-refractivity contribution is 5.65.